The summed E-state index contributed by atoms with van der Waals surface area (Å²) in [4.78, 5) is 22.2. The molecule has 1 aromatic carbocycles. The monoisotopic (exact) mass is 438 g/mol. The number of hydrogen-bond acceptors (Lipinski definition) is 5. The zero-order valence-corrected chi connectivity index (χ0v) is 19.2. The number of esters is 1. The molecule has 0 bridgehead atoms. The van der Waals surface area contributed by atoms with Gasteiger partial charge in [-0.15, -0.1) is 0 Å². The third-order valence-electron chi connectivity index (χ3n) is 7.36. The van der Waals surface area contributed by atoms with Gasteiger partial charge in [-0.25, -0.2) is 14.8 Å². The van der Waals surface area contributed by atoms with Crippen LogP contribution in [0.1, 0.15) is 56.3 Å². The SMILES string of the molecule is C[N+]1(CCc2ncccn2)CCC[C@@H](OC(=O)C(O)(c2ccccc2)C2CCCCC2)C1. The number of piperidine rings is 1. The fourth-order valence-corrected chi connectivity index (χ4v) is 5.48. The molecule has 32 heavy (non-hydrogen) atoms. The van der Waals surface area contributed by atoms with Crippen LogP contribution in [0, 0.1) is 5.92 Å². The Labute approximate surface area is 191 Å². The second-order valence-electron chi connectivity index (χ2n) is 9.80. The maximum Gasteiger partial charge on any atom is 0.343 e. The number of aromatic nitrogens is 2. The van der Waals surface area contributed by atoms with Gasteiger partial charge in [-0.05, 0) is 30.9 Å². The number of carbonyl (C=O) groups is 1. The van der Waals surface area contributed by atoms with Gasteiger partial charge in [-0.1, -0.05) is 49.6 Å². The number of ether oxygens (including phenoxy) is 1. The van der Waals surface area contributed by atoms with E-state index in [4.69, 9.17) is 4.74 Å². The Bertz CT molecular complexity index is 872. The Morgan fingerprint density at radius 1 is 1.06 bits per heavy atom. The van der Waals surface area contributed by atoms with Crippen LogP contribution in [0.5, 0.6) is 0 Å². The lowest BCUT2D eigenvalue weighted by atomic mass is 9.73. The summed E-state index contributed by atoms with van der Waals surface area (Å²) in [5.74, 6) is 0.285. The molecule has 2 fully saturated rings. The summed E-state index contributed by atoms with van der Waals surface area (Å²) in [6.07, 6.45) is 11.0. The standard InChI is InChI=1S/C26H36N3O3/c1-29(19-15-24-27-16-9-17-28-24)18-8-14-23(20-29)32-25(30)26(31,21-10-4-2-5-11-21)22-12-6-3-7-13-22/h2,4-5,9-11,16-17,22-23,31H,3,6-8,12-15,18-20H2,1H3/q+1/t23-,26?,29?/m1/s1. The zero-order valence-electron chi connectivity index (χ0n) is 19.2. The quantitative estimate of drug-likeness (QED) is 0.528. The molecule has 4 rings (SSSR count). The van der Waals surface area contributed by atoms with Gasteiger partial charge in [0.2, 0.25) is 0 Å². The lowest BCUT2D eigenvalue weighted by Gasteiger charge is -2.42. The van der Waals surface area contributed by atoms with Crippen molar-refractivity contribution < 1.29 is 19.1 Å². The first kappa shape index (κ1) is 22.9. The summed E-state index contributed by atoms with van der Waals surface area (Å²) in [6, 6.07) is 11.2. The molecule has 2 heterocycles. The van der Waals surface area contributed by atoms with Gasteiger partial charge in [0.05, 0.1) is 26.6 Å². The number of likely N-dealkylation sites (N-methyl/N-ethyl adjacent to an activating group) is 1. The Balaban J connectivity index is 1.45. The van der Waals surface area contributed by atoms with Crippen molar-refractivity contribution >= 4 is 5.97 Å². The van der Waals surface area contributed by atoms with E-state index >= 15 is 0 Å². The van der Waals surface area contributed by atoms with Crippen molar-refractivity contribution in [3.05, 3.63) is 60.2 Å². The van der Waals surface area contributed by atoms with Gasteiger partial charge in [-0.2, -0.15) is 0 Å². The van der Waals surface area contributed by atoms with E-state index in [0.717, 1.165) is 74.9 Å². The predicted octanol–water partition coefficient (Wildman–Crippen LogP) is 3.64. The summed E-state index contributed by atoms with van der Waals surface area (Å²) in [6.45, 7) is 2.71. The maximum atomic E-state index is 13.5. The average molecular weight is 439 g/mol. The molecular formula is C26H36N3O3+. The van der Waals surface area contributed by atoms with Crippen LogP contribution in [-0.4, -0.2) is 58.3 Å². The molecule has 1 aromatic heterocycles. The van der Waals surface area contributed by atoms with E-state index in [0.29, 0.717) is 5.56 Å². The second kappa shape index (κ2) is 10.1. The molecule has 0 radical (unpaired) electrons. The molecule has 1 saturated carbocycles. The molecule has 0 amide bonds. The maximum absolute atomic E-state index is 13.5. The van der Waals surface area contributed by atoms with Gasteiger partial charge >= 0.3 is 5.97 Å². The number of hydrogen-bond donors (Lipinski definition) is 1. The molecule has 1 aliphatic carbocycles. The summed E-state index contributed by atoms with van der Waals surface area (Å²) in [5, 5.41) is 11.8. The van der Waals surface area contributed by atoms with Crippen molar-refractivity contribution in [3.8, 4) is 0 Å². The van der Waals surface area contributed by atoms with Crippen molar-refractivity contribution in [3.63, 3.8) is 0 Å². The van der Waals surface area contributed by atoms with E-state index in [-0.39, 0.29) is 12.0 Å². The first-order valence-corrected chi connectivity index (χ1v) is 12.1. The van der Waals surface area contributed by atoms with Crippen LogP contribution in [0.3, 0.4) is 0 Å². The van der Waals surface area contributed by atoms with E-state index < -0.39 is 11.6 Å². The smallest absolute Gasteiger partial charge is 0.343 e. The highest BCUT2D eigenvalue weighted by atomic mass is 16.6. The Morgan fingerprint density at radius 3 is 2.50 bits per heavy atom. The molecule has 6 heteroatoms. The second-order valence-corrected chi connectivity index (χ2v) is 9.80. The summed E-state index contributed by atoms with van der Waals surface area (Å²) < 4.78 is 6.90. The molecule has 172 valence electrons. The van der Waals surface area contributed by atoms with Crippen LogP contribution in [0.15, 0.2) is 48.8 Å². The number of likely N-dealkylation sites (tertiary alicyclic amines) is 1. The van der Waals surface area contributed by atoms with Gasteiger partial charge in [0.25, 0.3) is 0 Å². The van der Waals surface area contributed by atoms with Gasteiger partial charge in [0.15, 0.2) is 11.7 Å². The lowest BCUT2D eigenvalue weighted by molar-refractivity contribution is -0.916. The number of aliphatic hydroxyl groups is 1. The number of quaternary nitrogens is 1. The van der Waals surface area contributed by atoms with Gasteiger partial charge < -0.3 is 14.3 Å². The highest BCUT2D eigenvalue weighted by Gasteiger charge is 2.48. The molecule has 0 spiro atoms. The van der Waals surface area contributed by atoms with E-state index in [1.165, 1.54) is 6.42 Å². The Morgan fingerprint density at radius 2 is 1.78 bits per heavy atom. The van der Waals surface area contributed by atoms with E-state index in [9.17, 15) is 9.90 Å². The van der Waals surface area contributed by atoms with E-state index in [1.807, 2.05) is 36.4 Å². The molecule has 1 saturated heterocycles. The van der Waals surface area contributed by atoms with Crippen molar-refractivity contribution in [1.82, 2.24) is 9.97 Å². The van der Waals surface area contributed by atoms with Gasteiger partial charge in [0, 0.05) is 24.7 Å². The van der Waals surface area contributed by atoms with Crippen LogP contribution in [0.25, 0.3) is 0 Å². The molecule has 3 atom stereocenters. The largest absolute Gasteiger partial charge is 0.454 e. The molecule has 2 aliphatic rings. The minimum atomic E-state index is -1.57. The molecule has 2 aromatic rings. The van der Waals surface area contributed by atoms with E-state index in [1.54, 1.807) is 12.4 Å². The molecule has 1 N–H and O–H groups in total. The fourth-order valence-electron chi connectivity index (χ4n) is 5.48. The van der Waals surface area contributed by atoms with Crippen molar-refractivity contribution in [1.29, 1.82) is 0 Å². The van der Waals surface area contributed by atoms with Crippen LogP contribution in [0.2, 0.25) is 0 Å². The Kier molecular flexibility index (Phi) is 7.21. The average Bonchev–Trinajstić information content (AvgIpc) is 2.84. The van der Waals surface area contributed by atoms with Gasteiger partial charge in [-0.3, -0.25) is 0 Å². The van der Waals surface area contributed by atoms with E-state index in [2.05, 4.69) is 17.0 Å². The molecule has 2 unspecified atom stereocenters. The highest BCUT2D eigenvalue weighted by Crippen LogP contribution is 2.41. The first-order valence-electron chi connectivity index (χ1n) is 12.1. The summed E-state index contributed by atoms with van der Waals surface area (Å²) in [5.41, 5.74) is -0.911. The summed E-state index contributed by atoms with van der Waals surface area (Å²) in [7, 11) is 2.22. The third kappa shape index (κ3) is 5.18. The van der Waals surface area contributed by atoms with Crippen LogP contribution >= 0.6 is 0 Å². The van der Waals surface area contributed by atoms with Crippen molar-refractivity contribution in [2.45, 2.75) is 63.1 Å². The number of carbonyl (C=O) groups excluding carboxylic acids is 1. The minimum absolute atomic E-state index is 0.0918. The summed E-state index contributed by atoms with van der Waals surface area (Å²) >= 11 is 0. The minimum Gasteiger partial charge on any atom is -0.454 e. The topological polar surface area (TPSA) is 72.3 Å². The Hall–Kier alpha value is -2.31. The zero-order chi connectivity index (χ0) is 22.4. The van der Waals surface area contributed by atoms with Crippen molar-refractivity contribution in [2.75, 3.05) is 26.7 Å². The van der Waals surface area contributed by atoms with Crippen molar-refractivity contribution in [2.24, 2.45) is 5.92 Å². The van der Waals surface area contributed by atoms with Gasteiger partial charge in [0.1, 0.15) is 12.4 Å². The fraction of sp³-hybridized carbons (Fsp3) is 0.577. The van der Waals surface area contributed by atoms with Crippen LogP contribution in [0.4, 0.5) is 0 Å². The first-order chi connectivity index (χ1) is 15.5. The predicted molar refractivity (Wildman–Crippen MR) is 123 cm³/mol. The lowest BCUT2D eigenvalue weighted by Crippen LogP contribution is -2.56. The molecule has 6 nitrogen and oxygen atoms in total. The molecule has 1 aliphatic heterocycles. The highest BCUT2D eigenvalue weighted by molar-refractivity contribution is 5.81. The third-order valence-corrected chi connectivity index (χ3v) is 7.36. The molecular weight excluding hydrogens is 402 g/mol. The van der Waals surface area contributed by atoms with Crippen LogP contribution < -0.4 is 0 Å². The number of benzene rings is 1. The number of nitrogens with zero attached hydrogens (tertiary/aromatic N) is 3. The number of rotatable bonds is 7. The normalized spacial score (nSPS) is 26.2. The van der Waals surface area contributed by atoms with Crippen LogP contribution in [-0.2, 0) is 21.6 Å².